The van der Waals surface area contributed by atoms with Gasteiger partial charge in [0.15, 0.2) is 0 Å². The molecule has 1 aliphatic heterocycles. The molecule has 0 bridgehead atoms. The zero-order valence-electron chi connectivity index (χ0n) is 41.3. The van der Waals surface area contributed by atoms with Gasteiger partial charge in [0.05, 0.1) is 0 Å². The molecule has 374 valence electrons. The third-order valence-electron chi connectivity index (χ3n) is 9.08. The van der Waals surface area contributed by atoms with E-state index in [1.807, 2.05) is 0 Å². The first-order valence-electron chi connectivity index (χ1n) is 22.4. The Hall–Kier alpha value is -6.86. The summed E-state index contributed by atoms with van der Waals surface area (Å²) < 4.78 is 27.6. The van der Waals surface area contributed by atoms with Crippen LogP contribution in [-0.4, -0.2) is 112 Å². The summed E-state index contributed by atoms with van der Waals surface area (Å²) in [4.78, 5) is 79.5. The summed E-state index contributed by atoms with van der Waals surface area (Å²) in [7, 11) is 0. The first-order valence-corrected chi connectivity index (χ1v) is 22.4. The molecule has 0 aromatic heterocycles. The van der Waals surface area contributed by atoms with Crippen molar-refractivity contribution in [2.24, 2.45) is 0 Å². The Morgan fingerprint density at radius 3 is 1.56 bits per heavy atom. The third-order valence-corrected chi connectivity index (χ3v) is 9.08. The molecule has 0 fully saturated rings. The number of phenolic OH excluding ortho intramolecular Hbond substituents is 1. The minimum absolute atomic E-state index is 0.0123. The van der Waals surface area contributed by atoms with Crippen LogP contribution in [0.1, 0.15) is 137 Å². The summed E-state index contributed by atoms with van der Waals surface area (Å²) in [6.07, 6.45) is 0.190. The number of phenols is 1. The smallest absolute Gasteiger partial charge is 0.417 e. The average Bonchev–Trinajstić information content (AvgIpc) is 3.55. The van der Waals surface area contributed by atoms with E-state index in [1.54, 1.807) is 119 Å². The van der Waals surface area contributed by atoms with Gasteiger partial charge < -0.3 is 39.4 Å². The van der Waals surface area contributed by atoms with Crippen molar-refractivity contribution in [2.75, 3.05) is 26.2 Å². The number of carbonyl (C=O) groups is 6. The SMILES string of the molecule is CC(C)(C)OC(=O)NC(=N)N(CCCCNC(=O)/C=C/c1ccc2c(c1)[C@H](C(=O)NCCCCN(C(=N)NC(=O)OC(C)(C)C)C(=O)OC(C)(C)C)[C@H](c1ccc(O)cc1)O2)C(=O)OC(C)(C)C. The second-order valence-corrected chi connectivity index (χ2v) is 19.9. The van der Waals surface area contributed by atoms with Gasteiger partial charge in [-0.2, -0.15) is 0 Å². The van der Waals surface area contributed by atoms with Crippen molar-refractivity contribution in [3.8, 4) is 11.5 Å². The Kier molecular flexibility index (Phi) is 19.4. The Balaban J connectivity index is 1.66. The van der Waals surface area contributed by atoms with Gasteiger partial charge in [0.2, 0.25) is 23.7 Å². The number of guanidine groups is 2. The highest BCUT2D eigenvalue weighted by atomic mass is 16.6. The van der Waals surface area contributed by atoms with Gasteiger partial charge in [-0.05, 0) is 150 Å². The minimum atomic E-state index is -0.904. The van der Waals surface area contributed by atoms with Crippen LogP contribution in [0.3, 0.4) is 0 Å². The number of fused-ring (bicyclic) bond motifs is 1. The first kappa shape index (κ1) is 55.5. The molecule has 1 heterocycles. The molecule has 2 aromatic carbocycles. The predicted octanol–water partition coefficient (Wildman–Crippen LogP) is 7.81. The third kappa shape index (κ3) is 19.5. The lowest BCUT2D eigenvalue weighted by Gasteiger charge is -2.28. The molecular formula is C48H70N8O12. The number of benzene rings is 2. The maximum atomic E-state index is 14.0. The molecule has 0 spiro atoms. The number of amides is 6. The molecule has 20 heteroatoms. The zero-order valence-corrected chi connectivity index (χ0v) is 41.3. The van der Waals surface area contributed by atoms with Crippen LogP contribution in [0.25, 0.3) is 6.08 Å². The van der Waals surface area contributed by atoms with E-state index in [0.717, 1.165) is 9.80 Å². The Morgan fingerprint density at radius 1 is 0.647 bits per heavy atom. The van der Waals surface area contributed by atoms with Crippen molar-refractivity contribution in [1.29, 1.82) is 10.8 Å². The number of unbranched alkanes of at least 4 members (excludes halogenated alkanes) is 2. The van der Waals surface area contributed by atoms with E-state index < -0.39 is 76.6 Å². The molecule has 1 aliphatic rings. The van der Waals surface area contributed by atoms with E-state index in [9.17, 15) is 33.9 Å². The first-order chi connectivity index (χ1) is 31.4. The van der Waals surface area contributed by atoms with E-state index in [1.165, 1.54) is 18.2 Å². The largest absolute Gasteiger partial charge is 0.508 e. The normalized spacial score (nSPS) is 14.6. The van der Waals surface area contributed by atoms with Crippen LogP contribution in [0.4, 0.5) is 19.2 Å². The summed E-state index contributed by atoms with van der Waals surface area (Å²) in [5.41, 5.74) is -1.55. The van der Waals surface area contributed by atoms with Gasteiger partial charge in [0, 0.05) is 37.8 Å². The highest BCUT2D eigenvalue weighted by molar-refractivity contribution is 6.00. The number of hydrogen-bond acceptors (Lipinski definition) is 14. The number of nitrogens with one attached hydrogen (secondary N) is 6. The van der Waals surface area contributed by atoms with Gasteiger partial charge in [-0.15, -0.1) is 0 Å². The number of ether oxygens (including phenoxy) is 5. The van der Waals surface area contributed by atoms with Gasteiger partial charge in [0.25, 0.3) is 0 Å². The molecule has 0 radical (unpaired) electrons. The van der Waals surface area contributed by atoms with Crippen molar-refractivity contribution in [1.82, 2.24) is 31.1 Å². The summed E-state index contributed by atoms with van der Waals surface area (Å²) in [6.45, 7) is 20.5. The average molecular weight is 951 g/mol. The molecule has 20 nitrogen and oxygen atoms in total. The van der Waals surface area contributed by atoms with Crippen LogP contribution >= 0.6 is 0 Å². The molecule has 6 amide bonds. The number of alkyl carbamates (subject to hydrolysis) is 2. The van der Waals surface area contributed by atoms with Gasteiger partial charge in [-0.3, -0.25) is 31.0 Å². The molecule has 0 unspecified atom stereocenters. The van der Waals surface area contributed by atoms with Crippen LogP contribution in [-0.2, 0) is 28.5 Å². The zero-order chi connectivity index (χ0) is 51.2. The van der Waals surface area contributed by atoms with E-state index in [0.29, 0.717) is 48.1 Å². The fourth-order valence-electron chi connectivity index (χ4n) is 6.30. The molecular weight excluding hydrogens is 881 g/mol. The predicted molar refractivity (Wildman–Crippen MR) is 254 cm³/mol. The number of nitrogens with zero attached hydrogens (tertiary/aromatic N) is 2. The Morgan fingerprint density at radius 2 is 1.10 bits per heavy atom. The number of rotatable bonds is 14. The monoisotopic (exact) mass is 951 g/mol. The summed E-state index contributed by atoms with van der Waals surface area (Å²) in [6, 6.07) is 11.6. The van der Waals surface area contributed by atoms with E-state index in [-0.39, 0.29) is 37.8 Å². The quantitative estimate of drug-likeness (QED) is 0.0314. The summed E-state index contributed by atoms with van der Waals surface area (Å²) >= 11 is 0. The number of hydrogen-bond donors (Lipinski definition) is 7. The topological polar surface area (TPSA) is 271 Å². The fraction of sp³-hybridized carbons (Fsp3) is 0.542. The highest BCUT2D eigenvalue weighted by Crippen LogP contribution is 2.47. The standard InChI is InChI=1S/C48H70N8O12/c1-45(2,3)65-41(60)53-39(49)55(43(62)67-47(7,8)9)27-15-13-25-51-35(58)24-18-30-17-23-34-33(29-30)36(37(64-34)31-19-21-32(57)22-20-31)38(59)52-26-14-16-28-56(44(63)68-48(10,11)12)40(50)54-42(61)66-46(4,5)6/h17-24,29,36-37,57H,13-16,25-28H2,1-12H3,(H,51,58)(H,52,59)(H2,49,53,60)(H2,50,54,61)/b24-18+/t36-,37-/m0/s1. The molecule has 0 saturated heterocycles. The van der Waals surface area contributed by atoms with Crippen molar-refractivity contribution in [3.05, 3.63) is 65.2 Å². The maximum Gasteiger partial charge on any atom is 0.417 e. The highest BCUT2D eigenvalue weighted by Gasteiger charge is 2.41. The second kappa shape index (κ2) is 23.7. The van der Waals surface area contributed by atoms with Gasteiger partial charge in [-0.1, -0.05) is 18.2 Å². The van der Waals surface area contributed by atoms with Crippen LogP contribution in [0.2, 0.25) is 0 Å². The number of carbonyl (C=O) groups excluding carboxylic acids is 6. The van der Waals surface area contributed by atoms with Crippen molar-refractivity contribution in [3.63, 3.8) is 0 Å². The number of aromatic hydroxyl groups is 1. The van der Waals surface area contributed by atoms with Gasteiger partial charge in [0.1, 0.15) is 45.9 Å². The van der Waals surface area contributed by atoms with Crippen LogP contribution < -0.4 is 26.0 Å². The van der Waals surface area contributed by atoms with Gasteiger partial charge >= 0.3 is 24.4 Å². The van der Waals surface area contributed by atoms with Crippen LogP contribution in [0.5, 0.6) is 11.5 Å². The molecule has 0 aliphatic carbocycles. The van der Waals surface area contributed by atoms with Gasteiger partial charge in [-0.25, -0.2) is 29.0 Å². The minimum Gasteiger partial charge on any atom is -0.508 e. The molecule has 0 saturated carbocycles. The molecule has 2 atom stereocenters. The summed E-state index contributed by atoms with van der Waals surface area (Å²) in [5.74, 6) is -2.12. The Labute approximate surface area is 398 Å². The van der Waals surface area contributed by atoms with E-state index in [4.69, 9.17) is 34.5 Å². The lowest BCUT2D eigenvalue weighted by atomic mass is 9.89. The van der Waals surface area contributed by atoms with E-state index in [2.05, 4.69) is 21.3 Å². The molecule has 3 rings (SSSR count). The maximum absolute atomic E-state index is 14.0. The second-order valence-electron chi connectivity index (χ2n) is 19.9. The van der Waals surface area contributed by atoms with E-state index >= 15 is 0 Å². The van der Waals surface area contributed by atoms with Crippen molar-refractivity contribution < 1.29 is 57.6 Å². The fourth-order valence-corrected chi connectivity index (χ4v) is 6.30. The van der Waals surface area contributed by atoms with Crippen LogP contribution in [0.15, 0.2) is 48.5 Å². The molecule has 68 heavy (non-hydrogen) atoms. The summed E-state index contributed by atoms with van der Waals surface area (Å²) in [5, 5.41) is 37.0. The molecule has 7 N–H and O–H groups in total. The van der Waals surface area contributed by atoms with Crippen LogP contribution in [0, 0.1) is 10.8 Å². The van der Waals surface area contributed by atoms with Crippen molar-refractivity contribution in [2.45, 2.75) is 143 Å². The lowest BCUT2D eigenvalue weighted by Crippen LogP contribution is -2.49. The Bertz CT molecular complexity index is 2170. The molecule has 2 aromatic rings. The lowest BCUT2D eigenvalue weighted by molar-refractivity contribution is -0.124. The van der Waals surface area contributed by atoms with Crippen molar-refractivity contribution >= 4 is 54.2 Å².